The minimum Gasteiger partial charge on any atom is -0.480 e. The number of H-pyrrole nitrogens is 1. The van der Waals surface area contributed by atoms with Gasteiger partial charge in [-0.3, -0.25) is 14.4 Å². The van der Waals surface area contributed by atoms with Crippen molar-refractivity contribution in [2.45, 2.75) is 37.9 Å². The molecule has 0 fully saturated rings. The van der Waals surface area contributed by atoms with Gasteiger partial charge in [0.1, 0.15) is 12.1 Å². The lowest BCUT2D eigenvalue weighted by Gasteiger charge is -2.22. The molecule has 0 spiro atoms. The molecule has 1 aromatic heterocycles. The number of aliphatic carboxylic acids is 1. The zero-order valence-corrected chi connectivity index (χ0v) is 14.9. The van der Waals surface area contributed by atoms with Crippen LogP contribution in [-0.4, -0.2) is 51.0 Å². The summed E-state index contributed by atoms with van der Waals surface area (Å²) in [6.45, 7) is 1.35. The molecule has 9 nitrogen and oxygen atoms in total. The lowest BCUT2D eigenvalue weighted by molar-refractivity contribution is -0.141. The monoisotopic (exact) mass is 373 g/mol. The summed E-state index contributed by atoms with van der Waals surface area (Å²) in [4.78, 5) is 42.6. The Hall–Kier alpha value is -3.20. The number of nitrogens with zero attached hydrogens (tertiary/aromatic N) is 1. The first kappa shape index (κ1) is 20.1. The summed E-state index contributed by atoms with van der Waals surface area (Å²) in [5, 5.41) is 14.0. The Morgan fingerprint density at radius 2 is 1.85 bits per heavy atom. The van der Waals surface area contributed by atoms with Gasteiger partial charge >= 0.3 is 5.97 Å². The topological polar surface area (TPSA) is 150 Å². The van der Waals surface area contributed by atoms with Crippen LogP contribution >= 0.6 is 0 Å². The predicted octanol–water partition coefficient (Wildman–Crippen LogP) is -0.404. The number of carbonyl (C=O) groups excluding carboxylic acids is 2. The predicted molar refractivity (Wildman–Crippen MR) is 97.6 cm³/mol. The molecule has 2 rings (SSSR count). The molecule has 0 aliphatic heterocycles. The summed E-state index contributed by atoms with van der Waals surface area (Å²) in [6, 6.07) is 6.19. The van der Waals surface area contributed by atoms with Crippen molar-refractivity contribution in [2.75, 3.05) is 0 Å². The first-order valence-corrected chi connectivity index (χ1v) is 8.47. The highest BCUT2D eigenvalue weighted by Crippen LogP contribution is 2.05. The fourth-order valence-electron chi connectivity index (χ4n) is 2.44. The van der Waals surface area contributed by atoms with Crippen molar-refractivity contribution in [2.24, 2.45) is 5.73 Å². The van der Waals surface area contributed by atoms with E-state index in [0.29, 0.717) is 5.69 Å². The third-order valence-electron chi connectivity index (χ3n) is 3.98. The first-order valence-electron chi connectivity index (χ1n) is 8.47. The second-order valence-electron chi connectivity index (χ2n) is 6.21. The van der Waals surface area contributed by atoms with Crippen LogP contribution in [0.4, 0.5) is 0 Å². The van der Waals surface area contributed by atoms with E-state index in [9.17, 15) is 14.4 Å². The van der Waals surface area contributed by atoms with E-state index in [1.807, 2.05) is 30.3 Å². The maximum Gasteiger partial charge on any atom is 0.325 e. The number of aromatic nitrogens is 2. The average molecular weight is 373 g/mol. The molecule has 3 unspecified atom stereocenters. The standard InChI is InChI=1S/C18H23N5O4/c1-11(18(26)27)22-17(25)15(7-12-5-3-2-4-6-12)23-16(24)14(19)8-13-9-20-10-21-13/h2-6,9-11,14-15H,7-8,19H2,1H3,(H,20,21)(H,22,25)(H,23,24)(H,26,27). The molecule has 2 aromatic rings. The molecule has 9 heteroatoms. The Morgan fingerprint density at radius 1 is 1.15 bits per heavy atom. The summed E-state index contributed by atoms with van der Waals surface area (Å²) in [7, 11) is 0. The molecule has 144 valence electrons. The van der Waals surface area contributed by atoms with E-state index in [4.69, 9.17) is 10.8 Å². The summed E-state index contributed by atoms with van der Waals surface area (Å²) in [6.07, 6.45) is 3.49. The van der Waals surface area contributed by atoms with Gasteiger partial charge in [-0.05, 0) is 12.5 Å². The maximum absolute atomic E-state index is 12.5. The quantitative estimate of drug-likeness (QED) is 0.403. The van der Waals surface area contributed by atoms with Crippen molar-refractivity contribution in [1.82, 2.24) is 20.6 Å². The molecular formula is C18H23N5O4. The van der Waals surface area contributed by atoms with Crippen LogP contribution in [-0.2, 0) is 27.2 Å². The van der Waals surface area contributed by atoms with E-state index in [1.54, 1.807) is 6.20 Å². The van der Waals surface area contributed by atoms with Gasteiger partial charge in [-0.2, -0.15) is 0 Å². The first-order chi connectivity index (χ1) is 12.9. The fourth-order valence-corrected chi connectivity index (χ4v) is 2.44. The van der Waals surface area contributed by atoms with Gasteiger partial charge in [-0.15, -0.1) is 0 Å². The molecule has 2 amide bonds. The van der Waals surface area contributed by atoms with Gasteiger partial charge in [-0.25, -0.2) is 4.98 Å². The number of carboxylic acid groups (broad SMARTS) is 1. The molecular weight excluding hydrogens is 350 g/mol. The molecule has 6 N–H and O–H groups in total. The zero-order chi connectivity index (χ0) is 19.8. The molecule has 0 aliphatic carbocycles. The number of carbonyl (C=O) groups is 3. The highest BCUT2D eigenvalue weighted by Gasteiger charge is 2.26. The summed E-state index contributed by atoms with van der Waals surface area (Å²) in [5.41, 5.74) is 7.43. The number of amides is 2. The van der Waals surface area contributed by atoms with E-state index in [-0.39, 0.29) is 12.8 Å². The Balaban J connectivity index is 2.06. The molecule has 0 bridgehead atoms. The number of nitrogens with one attached hydrogen (secondary N) is 3. The Bertz CT molecular complexity index is 763. The van der Waals surface area contributed by atoms with Gasteiger partial charge < -0.3 is 26.5 Å². The molecule has 1 heterocycles. The second-order valence-corrected chi connectivity index (χ2v) is 6.21. The fraction of sp³-hybridized carbons (Fsp3) is 0.333. The van der Waals surface area contributed by atoms with Crippen molar-refractivity contribution >= 4 is 17.8 Å². The van der Waals surface area contributed by atoms with Crippen molar-refractivity contribution in [3.63, 3.8) is 0 Å². The van der Waals surface area contributed by atoms with Gasteiger partial charge in [-0.1, -0.05) is 30.3 Å². The second kappa shape index (κ2) is 9.48. The summed E-state index contributed by atoms with van der Waals surface area (Å²) >= 11 is 0. The van der Waals surface area contributed by atoms with Crippen LogP contribution in [0.25, 0.3) is 0 Å². The number of imidazole rings is 1. The van der Waals surface area contributed by atoms with Crippen molar-refractivity contribution in [3.8, 4) is 0 Å². The van der Waals surface area contributed by atoms with Crippen molar-refractivity contribution in [1.29, 1.82) is 0 Å². The average Bonchev–Trinajstić information content (AvgIpc) is 3.14. The minimum absolute atomic E-state index is 0.210. The molecule has 0 saturated carbocycles. The Kier molecular flexibility index (Phi) is 7.07. The van der Waals surface area contributed by atoms with Gasteiger partial charge in [0, 0.05) is 24.7 Å². The van der Waals surface area contributed by atoms with Gasteiger partial charge in [0.2, 0.25) is 11.8 Å². The highest BCUT2D eigenvalue weighted by atomic mass is 16.4. The van der Waals surface area contributed by atoms with Crippen LogP contribution in [0.5, 0.6) is 0 Å². The molecule has 3 atom stereocenters. The molecule has 1 aromatic carbocycles. The smallest absolute Gasteiger partial charge is 0.325 e. The number of aromatic amines is 1. The lowest BCUT2D eigenvalue weighted by Crippen LogP contribution is -2.55. The van der Waals surface area contributed by atoms with E-state index in [2.05, 4.69) is 20.6 Å². The molecule has 27 heavy (non-hydrogen) atoms. The highest BCUT2D eigenvalue weighted by molar-refractivity contribution is 5.91. The lowest BCUT2D eigenvalue weighted by atomic mass is 10.0. The Labute approximate surface area is 156 Å². The summed E-state index contributed by atoms with van der Waals surface area (Å²) < 4.78 is 0. The maximum atomic E-state index is 12.5. The van der Waals surface area contributed by atoms with Crippen LogP contribution in [0.15, 0.2) is 42.9 Å². The number of hydrogen-bond acceptors (Lipinski definition) is 5. The third kappa shape index (κ3) is 6.23. The SMILES string of the molecule is CC(NC(=O)C(Cc1ccccc1)NC(=O)C(N)Cc1cnc[nH]1)C(=O)O. The normalized spacial score (nSPS) is 14.0. The van der Waals surface area contributed by atoms with Gasteiger partial charge in [0.05, 0.1) is 12.4 Å². The van der Waals surface area contributed by atoms with Crippen LogP contribution in [0.1, 0.15) is 18.2 Å². The van der Waals surface area contributed by atoms with Crippen LogP contribution in [0, 0.1) is 0 Å². The minimum atomic E-state index is -1.16. The van der Waals surface area contributed by atoms with Crippen molar-refractivity contribution in [3.05, 3.63) is 54.1 Å². The van der Waals surface area contributed by atoms with Crippen LogP contribution < -0.4 is 16.4 Å². The third-order valence-corrected chi connectivity index (χ3v) is 3.98. The largest absolute Gasteiger partial charge is 0.480 e. The zero-order valence-electron chi connectivity index (χ0n) is 14.9. The van der Waals surface area contributed by atoms with Crippen molar-refractivity contribution < 1.29 is 19.5 Å². The van der Waals surface area contributed by atoms with E-state index >= 15 is 0 Å². The molecule has 0 radical (unpaired) electrons. The number of hydrogen-bond donors (Lipinski definition) is 5. The van der Waals surface area contributed by atoms with Gasteiger partial charge in [0.15, 0.2) is 0 Å². The van der Waals surface area contributed by atoms with E-state index < -0.39 is 35.9 Å². The number of rotatable bonds is 9. The number of nitrogens with two attached hydrogens (primary N) is 1. The Morgan fingerprint density at radius 3 is 2.44 bits per heavy atom. The van der Waals surface area contributed by atoms with Crippen LogP contribution in [0.2, 0.25) is 0 Å². The summed E-state index contributed by atoms with van der Waals surface area (Å²) in [5.74, 6) is -2.26. The molecule has 0 aliphatic rings. The van der Waals surface area contributed by atoms with E-state index in [0.717, 1.165) is 5.56 Å². The number of benzene rings is 1. The molecule has 0 saturated heterocycles. The van der Waals surface area contributed by atoms with Crippen LogP contribution in [0.3, 0.4) is 0 Å². The van der Waals surface area contributed by atoms with Gasteiger partial charge in [0.25, 0.3) is 0 Å². The number of carboxylic acids is 1. The van der Waals surface area contributed by atoms with E-state index in [1.165, 1.54) is 13.3 Å².